The maximum absolute atomic E-state index is 12.1. The minimum absolute atomic E-state index is 0.267. The van der Waals surface area contributed by atoms with Crippen LogP contribution in [0.3, 0.4) is 0 Å². The Morgan fingerprint density at radius 1 is 1.53 bits per heavy atom. The molecule has 1 amide bonds. The fourth-order valence-electron chi connectivity index (χ4n) is 2.46. The SMILES string of the molecule is Cc1noc(C)c1CSCC(=O)N1CCCC(C)C1. The summed E-state index contributed by atoms with van der Waals surface area (Å²) in [7, 11) is 0. The Labute approximate surface area is 118 Å². The minimum atomic E-state index is 0.267. The molecule has 1 aliphatic heterocycles. The van der Waals surface area contributed by atoms with Crippen molar-refractivity contribution in [2.45, 2.75) is 39.4 Å². The molecule has 0 radical (unpaired) electrons. The van der Waals surface area contributed by atoms with Crippen molar-refractivity contribution in [2.75, 3.05) is 18.8 Å². The third-order valence-electron chi connectivity index (χ3n) is 3.66. The highest BCUT2D eigenvalue weighted by Gasteiger charge is 2.20. The highest BCUT2D eigenvalue weighted by atomic mass is 32.2. The molecule has 0 aliphatic carbocycles. The molecule has 1 atom stereocenters. The first-order chi connectivity index (χ1) is 9.08. The minimum Gasteiger partial charge on any atom is -0.361 e. The van der Waals surface area contributed by atoms with Crippen molar-refractivity contribution in [2.24, 2.45) is 5.92 Å². The molecule has 1 saturated heterocycles. The van der Waals surface area contributed by atoms with Crippen LogP contribution in [0.1, 0.15) is 36.8 Å². The number of hydrogen-bond donors (Lipinski definition) is 0. The molecule has 0 N–H and O–H groups in total. The summed E-state index contributed by atoms with van der Waals surface area (Å²) in [6.45, 7) is 7.93. The molecule has 1 aromatic rings. The molecule has 2 heterocycles. The summed E-state index contributed by atoms with van der Waals surface area (Å²) in [6, 6.07) is 0. The number of hydrogen-bond acceptors (Lipinski definition) is 4. The maximum Gasteiger partial charge on any atom is 0.232 e. The first-order valence-corrected chi connectivity index (χ1v) is 8.00. The van der Waals surface area contributed by atoms with Gasteiger partial charge < -0.3 is 9.42 Å². The van der Waals surface area contributed by atoms with Gasteiger partial charge in [0.15, 0.2) is 0 Å². The van der Waals surface area contributed by atoms with E-state index in [0.717, 1.165) is 42.3 Å². The quantitative estimate of drug-likeness (QED) is 0.852. The molecule has 5 heteroatoms. The van der Waals surface area contributed by atoms with Gasteiger partial charge in [0.2, 0.25) is 5.91 Å². The topological polar surface area (TPSA) is 46.3 Å². The third kappa shape index (κ3) is 3.75. The van der Waals surface area contributed by atoms with Crippen molar-refractivity contribution < 1.29 is 9.32 Å². The molecule has 2 rings (SSSR count). The fourth-order valence-corrected chi connectivity index (χ4v) is 3.53. The number of likely N-dealkylation sites (tertiary alicyclic amines) is 1. The second-order valence-electron chi connectivity index (χ2n) is 5.38. The lowest BCUT2D eigenvalue weighted by molar-refractivity contribution is -0.130. The van der Waals surface area contributed by atoms with Crippen LogP contribution in [0.4, 0.5) is 0 Å². The normalized spacial score (nSPS) is 19.7. The zero-order chi connectivity index (χ0) is 13.8. The van der Waals surface area contributed by atoms with Crippen LogP contribution in [-0.4, -0.2) is 34.8 Å². The number of carbonyl (C=O) groups excluding carboxylic acids is 1. The lowest BCUT2D eigenvalue weighted by Gasteiger charge is -2.30. The molecular formula is C14H22N2O2S. The van der Waals surface area contributed by atoms with Crippen LogP contribution in [0.25, 0.3) is 0 Å². The molecule has 1 unspecified atom stereocenters. The number of aryl methyl sites for hydroxylation is 2. The standard InChI is InChI=1S/C14H22N2O2S/c1-10-5-4-6-16(7-10)14(17)9-19-8-13-11(2)15-18-12(13)3/h10H,4-9H2,1-3H3. The van der Waals surface area contributed by atoms with Crippen molar-refractivity contribution in [3.63, 3.8) is 0 Å². The van der Waals surface area contributed by atoms with Gasteiger partial charge in [-0.1, -0.05) is 12.1 Å². The Kier molecular flexibility index (Phi) is 4.91. The molecule has 0 bridgehead atoms. The average Bonchev–Trinajstić information content (AvgIpc) is 2.70. The molecule has 0 spiro atoms. The summed E-state index contributed by atoms with van der Waals surface area (Å²) in [5.41, 5.74) is 2.06. The second-order valence-corrected chi connectivity index (χ2v) is 6.37. The first-order valence-electron chi connectivity index (χ1n) is 6.85. The summed E-state index contributed by atoms with van der Waals surface area (Å²) in [5, 5.41) is 3.93. The van der Waals surface area contributed by atoms with Crippen LogP contribution in [0.5, 0.6) is 0 Å². The van der Waals surface area contributed by atoms with Crippen LogP contribution >= 0.6 is 11.8 Å². The van der Waals surface area contributed by atoms with Gasteiger partial charge in [0.05, 0.1) is 11.4 Å². The van der Waals surface area contributed by atoms with E-state index < -0.39 is 0 Å². The monoisotopic (exact) mass is 282 g/mol. The summed E-state index contributed by atoms with van der Waals surface area (Å²) in [4.78, 5) is 14.1. The second kappa shape index (κ2) is 6.46. The number of thioether (sulfide) groups is 1. The highest BCUT2D eigenvalue weighted by Crippen LogP contribution is 2.21. The average molecular weight is 282 g/mol. The fraction of sp³-hybridized carbons (Fsp3) is 0.714. The van der Waals surface area contributed by atoms with Crippen LogP contribution in [-0.2, 0) is 10.5 Å². The highest BCUT2D eigenvalue weighted by molar-refractivity contribution is 7.99. The van der Waals surface area contributed by atoms with E-state index in [-0.39, 0.29) is 5.91 Å². The molecule has 19 heavy (non-hydrogen) atoms. The van der Waals surface area contributed by atoms with E-state index in [1.54, 1.807) is 11.8 Å². The lowest BCUT2D eigenvalue weighted by Crippen LogP contribution is -2.40. The predicted molar refractivity (Wildman–Crippen MR) is 77.1 cm³/mol. The molecule has 1 fully saturated rings. The predicted octanol–water partition coefficient (Wildman–Crippen LogP) is 2.78. The summed E-state index contributed by atoms with van der Waals surface area (Å²) >= 11 is 1.65. The van der Waals surface area contributed by atoms with Gasteiger partial charge in [0, 0.05) is 24.4 Å². The Hall–Kier alpha value is -0.970. The van der Waals surface area contributed by atoms with Crippen molar-refractivity contribution in [3.8, 4) is 0 Å². The molecule has 4 nitrogen and oxygen atoms in total. The third-order valence-corrected chi connectivity index (χ3v) is 4.61. The molecule has 1 aromatic heterocycles. The van der Waals surface area contributed by atoms with Gasteiger partial charge >= 0.3 is 0 Å². The van der Waals surface area contributed by atoms with Gasteiger partial charge in [-0.25, -0.2) is 0 Å². The van der Waals surface area contributed by atoms with Crippen molar-refractivity contribution in [3.05, 3.63) is 17.0 Å². The Bertz CT molecular complexity index is 425. The van der Waals surface area contributed by atoms with E-state index in [9.17, 15) is 4.79 Å². The number of piperidine rings is 1. The number of amides is 1. The number of rotatable bonds is 4. The van der Waals surface area contributed by atoms with E-state index in [2.05, 4.69) is 12.1 Å². The van der Waals surface area contributed by atoms with Gasteiger partial charge in [-0.2, -0.15) is 0 Å². The Morgan fingerprint density at radius 2 is 2.32 bits per heavy atom. The maximum atomic E-state index is 12.1. The van der Waals surface area contributed by atoms with Crippen LogP contribution in [0.2, 0.25) is 0 Å². The zero-order valence-corrected chi connectivity index (χ0v) is 12.8. The van der Waals surface area contributed by atoms with Gasteiger partial charge in [0.25, 0.3) is 0 Å². The molecule has 0 aromatic carbocycles. The zero-order valence-electron chi connectivity index (χ0n) is 11.9. The summed E-state index contributed by atoms with van der Waals surface area (Å²) < 4.78 is 5.12. The molecule has 106 valence electrons. The van der Waals surface area contributed by atoms with Gasteiger partial charge in [0.1, 0.15) is 5.76 Å². The first kappa shape index (κ1) is 14.4. The summed E-state index contributed by atoms with van der Waals surface area (Å²) in [6.07, 6.45) is 2.39. The van der Waals surface area contributed by atoms with E-state index >= 15 is 0 Å². The number of aromatic nitrogens is 1. The van der Waals surface area contributed by atoms with Gasteiger partial charge in [-0.05, 0) is 32.6 Å². The number of carbonyl (C=O) groups is 1. The number of nitrogens with zero attached hydrogens (tertiary/aromatic N) is 2. The lowest BCUT2D eigenvalue weighted by atomic mass is 10.0. The van der Waals surface area contributed by atoms with E-state index in [0.29, 0.717) is 11.7 Å². The van der Waals surface area contributed by atoms with Gasteiger partial charge in [-0.3, -0.25) is 4.79 Å². The van der Waals surface area contributed by atoms with Crippen molar-refractivity contribution >= 4 is 17.7 Å². The van der Waals surface area contributed by atoms with Crippen molar-refractivity contribution in [1.82, 2.24) is 10.1 Å². The van der Waals surface area contributed by atoms with E-state index in [1.165, 1.54) is 6.42 Å². The van der Waals surface area contributed by atoms with Crippen LogP contribution in [0.15, 0.2) is 4.52 Å². The summed E-state index contributed by atoms with van der Waals surface area (Å²) in [5.74, 6) is 3.13. The van der Waals surface area contributed by atoms with Crippen molar-refractivity contribution in [1.29, 1.82) is 0 Å². The largest absolute Gasteiger partial charge is 0.361 e. The molecular weight excluding hydrogens is 260 g/mol. The Balaban J connectivity index is 1.78. The molecule has 1 aliphatic rings. The van der Waals surface area contributed by atoms with Gasteiger partial charge in [-0.15, -0.1) is 11.8 Å². The molecule has 0 saturated carbocycles. The van der Waals surface area contributed by atoms with E-state index in [4.69, 9.17) is 4.52 Å². The van der Waals surface area contributed by atoms with Crippen LogP contribution in [0, 0.1) is 19.8 Å². The smallest absolute Gasteiger partial charge is 0.232 e. The Morgan fingerprint density at radius 3 is 2.95 bits per heavy atom. The van der Waals surface area contributed by atoms with E-state index in [1.807, 2.05) is 18.7 Å². The van der Waals surface area contributed by atoms with Crippen LogP contribution < -0.4 is 0 Å².